The largest absolute Gasteiger partial charge is 0.272 e. The minimum Gasteiger partial charge on any atom is -0.272 e. The summed E-state index contributed by atoms with van der Waals surface area (Å²) in [5, 5.41) is 7.15. The molecule has 3 rings (SSSR count). The summed E-state index contributed by atoms with van der Waals surface area (Å²) < 4.78 is 24.4. The van der Waals surface area contributed by atoms with E-state index in [0.717, 1.165) is 22.6 Å². The van der Waals surface area contributed by atoms with Gasteiger partial charge in [0.2, 0.25) is 14.2 Å². The molecule has 1 aliphatic heterocycles. The molecule has 120 valence electrons. The lowest BCUT2D eigenvalue weighted by Crippen LogP contribution is -2.30. The highest BCUT2D eigenvalue weighted by atomic mass is 32.2. The van der Waals surface area contributed by atoms with Gasteiger partial charge in [-0.25, -0.2) is 18.4 Å². The molecule has 0 spiro atoms. The van der Waals surface area contributed by atoms with Gasteiger partial charge in [0.05, 0.1) is 12.3 Å². The Morgan fingerprint density at radius 2 is 2.04 bits per heavy atom. The Kier molecular flexibility index (Phi) is 4.27. The quantitative estimate of drug-likeness (QED) is 0.844. The van der Waals surface area contributed by atoms with Crippen molar-refractivity contribution in [3.8, 4) is 0 Å². The summed E-state index contributed by atoms with van der Waals surface area (Å²) in [7, 11) is -3.71. The van der Waals surface area contributed by atoms with Crippen LogP contribution in [0.1, 0.15) is 17.7 Å². The summed E-state index contributed by atoms with van der Waals surface area (Å²) in [6.45, 7) is 2.11. The number of aryl methyl sites for hydroxylation is 1. The van der Waals surface area contributed by atoms with E-state index in [4.69, 9.17) is 0 Å². The summed E-state index contributed by atoms with van der Waals surface area (Å²) in [5.74, 6) is -1.13. The lowest BCUT2D eigenvalue weighted by molar-refractivity contribution is -0.127. The first-order valence-corrected chi connectivity index (χ1v) is 9.57. The second-order valence-electron chi connectivity index (χ2n) is 5.19. The van der Waals surface area contributed by atoms with E-state index in [-0.39, 0.29) is 4.34 Å². The van der Waals surface area contributed by atoms with Gasteiger partial charge in [0.1, 0.15) is 5.75 Å². The van der Waals surface area contributed by atoms with Crippen molar-refractivity contribution in [3.63, 3.8) is 0 Å². The van der Waals surface area contributed by atoms with Crippen LogP contribution in [0.4, 0.5) is 0 Å². The number of benzene rings is 1. The van der Waals surface area contributed by atoms with Crippen LogP contribution < -0.4 is 0 Å². The summed E-state index contributed by atoms with van der Waals surface area (Å²) in [6.07, 6.45) is 0.617. The molecule has 23 heavy (non-hydrogen) atoms. The number of sulfone groups is 1. The number of thiazole rings is 1. The maximum Gasteiger partial charge on any atom is 0.258 e. The SMILES string of the molecule is Cc1csc(S(=O)(=O)CC(=O)N2CCC(c3ccccc3)=N2)n1. The molecule has 1 aromatic heterocycles. The van der Waals surface area contributed by atoms with Crippen LogP contribution in [0.2, 0.25) is 0 Å². The lowest BCUT2D eigenvalue weighted by Gasteiger charge is -2.10. The van der Waals surface area contributed by atoms with Crippen molar-refractivity contribution >= 4 is 32.8 Å². The van der Waals surface area contributed by atoms with Crippen LogP contribution in [-0.2, 0) is 14.6 Å². The van der Waals surface area contributed by atoms with Gasteiger partial charge in [-0.3, -0.25) is 4.79 Å². The van der Waals surface area contributed by atoms with Crippen molar-refractivity contribution in [3.05, 3.63) is 47.0 Å². The maximum atomic E-state index is 12.2. The fourth-order valence-electron chi connectivity index (χ4n) is 2.24. The predicted molar refractivity (Wildman–Crippen MR) is 88.2 cm³/mol. The molecule has 8 heteroatoms. The van der Waals surface area contributed by atoms with Gasteiger partial charge in [-0.2, -0.15) is 5.10 Å². The molecule has 6 nitrogen and oxygen atoms in total. The predicted octanol–water partition coefficient (Wildman–Crippen LogP) is 1.86. The van der Waals surface area contributed by atoms with E-state index >= 15 is 0 Å². The number of hydrogen-bond donors (Lipinski definition) is 0. The van der Waals surface area contributed by atoms with Crippen LogP contribution in [0.25, 0.3) is 0 Å². The third kappa shape index (κ3) is 3.48. The Morgan fingerprint density at radius 1 is 1.30 bits per heavy atom. The smallest absolute Gasteiger partial charge is 0.258 e. The van der Waals surface area contributed by atoms with Gasteiger partial charge in [0.25, 0.3) is 5.91 Å². The second kappa shape index (κ2) is 6.21. The normalized spacial score (nSPS) is 14.8. The molecule has 0 radical (unpaired) electrons. The number of carbonyl (C=O) groups is 1. The first kappa shape index (κ1) is 15.8. The van der Waals surface area contributed by atoms with Crippen LogP contribution in [-0.4, -0.2) is 42.3 Å². The summed E-state index contributed by atoms with van der Waals surface area (Å²) in [4.78, 5) is 16.2. The Balaban J connectivity index is 1.73. The van der Waals surface area contributed by atoms with Gasteiger partial charge in [0.15, 0.2) is 0 Å². The van der Waals surface area contributed by atoms with Crippen LogP contribution >= 0.6 is 11.3 Å². The maximum absolute atomic E-state index is 12.2. The molecule has 2 heterocycles. The number of hydrogen-bond acceptors (Lipinski definition) is 6. The topological polar surface area (TPSA) is 79.7 Å². The van der Waals surface area contributed by atoms with E-state index in [1.807, 2.05) is 30.3 Å². The molecule has 1 aliphatic rings. The zero-order chi connectivity index (χ0) is 16.4. The highest BCUT2D eigenvalue weighted by molar-refractivity contribution is 7.93. The van der Waals surface area contributed by atoms with Gasteiger partial charge in [-0.15, -0.1) is 11.3 Å². The number of rotatable bonds is 4. The molecule has 0 bridgehead atoms. The molecule has 0 N–H and O–H groups in total. The van der Waals surface area contributed by atoms with Crippen molar-refractivity contribution in [2.24, 2.45) is 5.10 Å². The first-order chi connectivity index (χ1) is 11.0. The zero-order valence-electron chi connectivity index (χ0n) is 12.5. The average Bonchev–Trinajstić information content (AvgIpc) is 3.17. The van der Waals surface area contributed by atoms with E-state index in [0.29, 0.717) is 18.7 Å². The standard InChI is InChI=1S/C15H15N3O3S2/c1-11-9-22-15(16-11)23(20,21)10-14(19)18-8-7-13(17-18)12-5-3-2-4-6-12/h2-6,9H,7-8,10H2,1H3. The summed E-state index contributed by atoms with van der Waals surface area (Å²) in [6, 6.07) is 9.55. The van der Waals surface area contributed by atoms with Crippen LogP contribution in [0.15, 0.2) is 45.2 Å². The molecule has 0 fully saturated rings. The van der Waals surface area contributed by atoms with Gasteiger partial charge < -0.3 is 0 Å². The molecule has 1 amide bonds. The minimum absolute atomic E-state index is 0.0187. The third-order valence-electron chi connectivity index (χ3n) is 3.37. The molecular formula is C15H15N3O3S2. The van der Waals surface area contributed by atoms with E-state index < -0.39 is 21.5 Å². The molecule has 1 aromatic carbocycles. The molecule has 0 unspecified atom stereocenters. The van der Waals surface area contributed by atoms with Crippen molar-refractivity contribution in [2.75, 3.05) is 12.3 Å². The molecule has 2 aromatic rings. The fraction of sp³-hybridized carbons (Fsp3) is 0.267. The van der Waals surface area contributed by atoms with Gasteiger partial charge in [0, 0.05) is 17.5 Å². The molecule has 0 saturated carbocycles. The number of nitrogens with zero attached hydrogens (tertiary/aromatic N) is 3. The first-order valence-electron chi connectivity index (χ1n) is 7.04. The average molecular weight is 349 g/mol. The monoisotopic (exact) mass is 349 g/mol. The number of aromatic nitrogens is 1. The van der Waals surface area contributed by atoms with Crippen LogP contribution in [0.5, 0.6) is 0 Å². The van der Waals surface area contributed by atoms with Gasteiger partial charge >= 0.3 is 0 Å². The van der Waals surface area contributed by atoms with E-state index in [1.54, 1.807) is 12.3 Å². The van der Waals surface area contributed by atoms with Crippen LogP contribution in [0, 0.1) is 6.92 Å². The van der Waals surface area contributed by atoms with E-state index in [9.17, 15) is 13.2 Å². The summed E-state index contributed by atoms with van der Waals surface area (Å²) >= 11 is 1.03. The second-order valence-corrected chi connectivity index (χ2v) is 8.21. The molecule has 0 atom stereocenters. The number of hydrazone groups is 1. The fourth-order valence-corrected chi connectivity index (χ4v) is 4.55. The Labute approximate surface area is 138 Å². The van der Waals surface area contributed by atoms with Crippen molar-refractivity contribution in [1.82, 2.24) is 9.99 Å². The van der Waals surface area contributed by atoms with Gasteiger partial charge in [-0.05, 0) is 12.5 Å². The molecule has 0 saturated heterocycles. The summed E-state index contributed by atoms with van der Waals surface area (Å²) in [5.41, 5.74) is 2.37. The third-order valence-corrected chi connectivity index (χ3v) is 6.43. The van der Waals surface area contributed by atoms with Crippen LogP contribution in [0.3, 0.4) is 0 Å². The zero-order valence-corrected chi connectivity index (χ0v) is 14.1. The highest BCUT2D eigenvalue weighted by Gasteiger charge is 2.28. The Morgan fingerprint density at radius 3 is 2.70 bits per heavy atom. The van der Waals surface area contributed by atoms with Gasteiger partial charge in [-0.1, -0.05) is 30.3 Å². The molecule has 0 aliphatic carbocycles. The lowest BCUT2D eigenvalue weighted by atomic mass is 10.1. The molecular weight excluding hydrogens is 334 g/mol. The minimum atomic E-state index is -3.71. The highest BCUT2D eigenvalue weighted by Crippen LogP contribution is 2.19. The number of amides is 1. The van der Waals surface area contributed by atoms with E-state index in [1.165, 1.54) is 5.01 Å². The Bertz CT molecular complexity index is 857. The van der Waals surface area contributed by atoms with Crippen molar-refractivity contribution in [2.45, 2.75) is 17.7 Å². The van der Waals surface area contributed by atoms with Crippen molar-refractivity contribution in [1.29, 1.82) is 0 Å². The Hall–Kier alpha value is -2.06. The number of carbonyl (C=O) groups excluding carboxylic acids is 1. The van der Waals surface area contributed by atoms with Crippen molar-refractivity contribution < 1.29 is 13.2 Å². The van der Waals surface area contributed by atoms with E-state index in [2.05, 4.69) is 10.1 Å².